The van der Waals surface area contributed by atoms with Crippen molar-refractivity contribution in [2.45, 2.75) is 48.5 Å². The molecule has 0 aromatic rings. The van der Waals surface area contributed by atoms with Crippen LogP contribution in [0.1, 0.15) is 48.5 Å². The minimum atomic E-state index is 0.211. The number of fused-ring (bicyclic) bond motifs is 1. The Morgan fingerprint density at radius 1 is 0.812 bits per heavy atom. The largest absolute Gasteiger partial charge is 0.0601 e. The van der Waals surface area contributed by atoms with Gasteiger partial charge in [-0.3, -0.25) is 0 Å². The van der Waals surface area contributed by atoms with E-state index < -0.39 is 0 Å². The molecule has 0 unspecified atom stereocenters. The number of hydrogen-bond acceptors (Lipinski definition) is 0. The first kappa shape index (κ1) is 11.4. The lowest BCUT2D eigenvalue weighted by molar-refractivity contribution is 0.522. The third kappa shape index (κ3) is 1.22. The third-order valence-corrected chi connectivity index (χ3v) is 4.81. The van der Waals surface area contributed by atoms with Gasteiger partial charge in [-0.2, -0.15) is 0 Å². The summed E-state index contributed by atoms with van der Waals surface area (Å²) in [6.45, 7) is 16.0. The molecule has 2 aliphatic carbocycles. The molecule has 86 valence electrons. The van der Waals surface area contributed by atoms with Crippen LogP contribution in [-0.4, -0.2) is 0 Å². The van der Waals surface area contributed by atoms with Crippen LogP contribution in [0, 0.1) is 5.41 Å². The topological polar surface area (TPSA) is 0 Å². The molecule has 2 rings (SSSR count). The Kier molecular flexibility index (Phi) is 2.31. The van der Waals surface area contributed by atoms with Crippen LogP contribution in [0.25, 0.3) is 0 Å². The first-order valence-electron chi connectivity index (χ1n) is 6.08. The number of hydrogen-bond donors (Lipinski definition) is 0. The van der Waals surface area contributed by atoms with Gasteiger partial charge in [0.15, 0.2) is 0 Å². The smallest absolute Gasteiger partial charge is 0.00737 e. The molecule has 0 aromatic carbocycles. The Balaban J connectivity index is 2.75. The van der Waals surface area contributed by atoms with Gasteiger partial charge < -0.3 is 0 Å². The maximum Gasteiger partial charge on any atom is 0.00737 e. The molecular formula is C16H22. The fourth-order valence-electron chi connectivity index (χ4n) is 2.84. The maximum absolute atomic E-state index is 2.35. The van der Waals surface area contributed by atoms with E-state index in [1.807, 2.05) is 0 Å². The first-order valence-corrected chi connectivity index (χ1v) is 6.08. The van der Waals surface area contributed by atoms with Crippen molar-refractivity contribution in [3.8, 4) is 0 Å². The van der Waals surface area contributed by atoms with E-state index in [2.05, 4.69) is 54.5 Å². The average Bonchev–Trinajstić information content (AvgIpc) is 2.51. The third-order valence-electron chi connectivity index (χ3n) is 4.81. The lowest BCUT2D eigenvalue weighted by Gasteiger charge is -2.36. The fourth-order valence-corrected chi connectivity index (χ4v) is 2.84. The van der Waals surface area contributed by atoms with Crippen LogP contribution < -0.4 is 0 Å². The highest BCUT2D eigenvalue weighted by Crippen LogP contribution is 2.50. The lowest BCUT2D eigenvalue weighted by atomic mass is 9.68. The van der Waals surface area contributed by atoms with Gasteiger partial charge in [0.25, 0.3) is 0 Å². The Bertz CT molecular complexity index is 488. The standard InChI is InChI=1S/C16H22/c1-9-8-14-11(3)12(4)16(6,7)13(5)15(14)10(9)2/h8H,1-7H3. The summed E-state index contributed by atoms with van der Waals surface area (Å²) < 4.78 is 0. The molecule has 0 bridgehead atoms. The first-order chi connectivity index (χ1) is 7.28. The van der Waals surface area contributed by atoms with Crippen molar-refractivity contribution >= 4 is 0 Å². The predicted molar refractivity (Wildman–Crippen MR) is 71.3 cm³/mol. The van der Waals surface area contributed by atoms with Crippen LogP contribution in [0.5, 0.6) is 0 Å². The van der Waals surface area contributed by atoms with Gasteiger partial charge in [0.1, 0.15) is 0 Å². The Hall–Kier alpha value is -1.04. The van der Waals surface area contributed by atoms with E-state index in [1.165, 1.54) is 39.0 Å². The highest BCUT2D eigenvalue weighted by Gasteiger charge is 2.35. The molecule has 0 heterocycles. The lowest BCUT2D eigenvalue weighted by Crippen LogP contribution is -2.22. The molecular weight excluding hydrogens is 192 g/mol. The van der Waals surface area contributed by atoms with Crippen LogP contribution in [0.4, 0.5) is 0 Å². The van der Waals surface area contributed by atoms with Crippen LogP contribution >= 0.6 is 0 Å². The van der Waals surface area contributed by atoms with Crippen molar-refractivity contribution in [1.29, 1.82) is 0 Å². The summed E-state index contributed by atoms with van der Waals surface area (Å²) in [6.07, 6.45) is 2.35. The van der Waals surface area contributed by atoms with Gasteiger partial charge >= 0.3 is 0 Å². The molecule has 0 nitrogen and oxygen atoms in total. The van der Waals surface area contributed by atoms with E-state index >= 15 is 0 Å². The number of allylic oxidation sites excluding steroid dienone is 8. The summed E-state index contributed by atoms with van der Waals surface area (Å²) in [5, 5.41) is 0. The van der Waals surface area contributed by atoms with Gasteiger partial charge in [-0.15, -0.1) is 0 Å². The van der Waals surface area contributed by atoms with Gasteiger partial charge in [-0.25, -0.2) is 0 Å². The Morgan fingerprint density at radius 2 is 1.38 bits per heavy atom. The average molecular weight is 214 g/mol. The van der Waals surface area contributed by atoms with Gasteiger partial charge in [0.2, 0.25) is 0 Å². The normalized spacial score (nSPS) is 24.1. The van der Waals surface area contributed by atoms with E-state index in [-0.39, 0.29) is 5.41 Å². The van der Waals surface area contributed by atoms with Crippen molar-refractivity contribution in [1.82, 2.24) is 0 Å². The van der Waals surface area contributed by atoms with E-state index in [4.69, 9.17) is 0 Å². The second kappa shape index (κ2) is 3.23. The van der Waals surface area contributed by atoms with Crippen LogP contribution in [-0.2, 0) is 0 Å². The van der Waals surface area contributed by atoms with Gasteiger partial charge in [-0.1, -0.05) is 31.1 Å². The summed E-state index contributed by atoms with van der Waals surface area (Å²) in [6, 6.07) is 0. The fraction of sp³-hybridized carbons (Fsp3) is 0.500. The number of rotatable bonds is 0. The molecule has 0 spiro atoms. The molecule has 0 N–H and O–H groups in total. The summed E-state index contributed by atoms with van der Waals surface area (Å²) in [4.78, 5) is 0. The molecule has 0 amide bonds. The molecule has 0 heteroatoms. The van der Waals surface area contributed by atoms with Crippen molar-refractivity contribution in [2.24, 2.45) is 5.41 Å². The molecule has 16 heavy (non-hydrogen) atoms. The molecule has 0 aromatic heterocycles. The van der Waals surface area contributed by atoms with Crippen LogP contribution in [0.15, 0.2) is 45.1 Å². The predicted octanol–water partition coefficient (Wildman–Crippen LogP) is 4.96. The second-order valence-corrected chi connectivity index (χ2v) is 5.74. The van der Waals surface area contributed by atoms with Gasteiger partial charge in [0, 0.05) is 5.41 Å². The summed E-state index contributed by atoms with van der Waals surface area (Å²) in [5.41, 5.74) is 10.6. The van der Waals surface area contributed by atoms with E-state index in [9.17, 15) is 0 Å². The summed E-state index contributed by atoms with van der Waals surface area (Å²) >= 11 is 0. The highest BCUT2D eigenvalue weighted by atomic mass is 14.4. The van der Waals surface area contributed by atoms with Crippen LogP contribution in [0.3, 0.4) is 0 Å². The molecule has 0 aliphatic heterocycles. The Morgan fingerprint density at radius 3 is 1.94 bits per heavy atom. The van der Waals surface area contributed by atoms with E-state index in [0.29, 0.717) is 0 Å². The highest BCUT2D eigenvalue weighted by molar-refractivity contribution is 5.70. The molecule has 0 saturated heterocycles. The molecule has 0 atom stereocenters. The molecule has 2 aliphatic rings. The zero-order valence-corrected chi connectivity index (χ0v) is 11.6. The van der Waals surface area contributed by atoms with Crippen molar-refractivity contribution in [2.75, 3.05) is 0 Å². The zero-order valence-electron chi connectivity index (χ0n) is 11.6. The van der Waals surface area contributed by atoms with Crippen molar-refractivity contribution in [3.63, 3.8) is 0 Å². The van der Waals surface area contributed by atoms with Crippen LogP contribution in [0.2, 0.25) is 0 Å². The van der Waals surface area contributed by atoms with E-state index in [0.717, 1.165) is 0 Å². The van der Waals surface area contributed by atoms with Crippen molar-refractivity contribution in [3.05, 3.63) is 45.1 Å². The molecule has 0 radical (unpaired) electrons. The van der Waals surface area contributed by atoms with Gasteiger partial charge in [0.05, 0.1) is 0 Å². The minimum absolute atomic E-state index is 0.211. The monoisotopic (exact) mass is 214 g/mol. The summed E-state index contributed by atoms with van der Waals surface area (Å²) in [7, 11) is 0. The summed E-state index contributed by atoms with van der Waals surface area (Å²) in [5.74, 6) is 0. The zero-order chi connectivity index (χ0) is 12.2. The second-order valence-electron chi connectivity index (χ2n) is 5.74. The molecule has 0 fully saturated rings. The molecule has 0 saturated carbocycles. The quantitative estimate of drug-likeness (QED) is 0.535. The maximum atomic E-state index is 2.35. The SMILES string of the molecule is CC1=C(C)C2=C(C)C(C)(C)C(C)=C(C)C2=C1. The minimum Gasteiger partial charge on any atom is -0.0601 e. The van der Waals surface area contributed by atoms with Gasteiger partial charge in [-0.05, 0) is 62.5 Å². The van der Waals surface area contributed by atoms with Crippen molar-refractivity contribution < 1.29 is 0 Å². The Labute approximate surface area is 99.4 Å². The van der Waals surface area contributed by atoms with E-state index in [1.54, 1.807) is 0 Å².